The maximum absolute atomic E-state index is 13.3. The van der Waals surface area contributed by atoms with Crippen molar-refractivity contribution in [3.8, 4) is 0 Å². The summed E-state index contributed by atoms with van der Waals surface area (Å²) in [6.07, 6.45) is 3.76. The number of nitrogens with two attached hydrogens (primary N) is 1. The van der Waals surface area contributed by atoms with Gasteiger partial charge in [0.1, 0.15) is 5.82 Å². The van der Waals surface area contributed by atoms with Gasteiger partial charge in [0.2, 0.25) is 5.91 Å². The van der Waals surface area contributed by atoms with E-state index in [1.54, 1.807) is 6.07 Å². The normalized spacial score (nSPS) is 27.1. The van der Waals surface area contributed by atoms with Gasteiger partial charge in [-0.05, 0) is 56.2 Å². The first-order valence-electron chi connectivity index (χ1n) is 7.73. The second-order valence-corrected chi connectivity index (χ2v) is 6.42. The number of amides is 1. The Morgan fingerprint density at radius 3 is 2.71 bits per heavy atom. The number of halogens is 1. The Hall–Kier alpha value is -1.42. The van der Waals surface area contributed by atoms with Crippen molar-refractivity contribution in [3.63, 3.8) is 0 Å². The largest absolute Gasteiger partial charge is 0.349 e. The van der Waals surface area contributed by atoms with Gasteiger partial charge in [-0.3, -0.25) is 4.79 Å². The molecule has 1 aromatic rings. The van der Waals surface area contributed by atoms with Gasteiger partial charge in [0, 0.05) is 6.54 Å². The number of hydrogen-bond acceptors (Lipinski definition) is 2. The van der Waals surface area contributed by atoms with E-state index in [2.05, 4.69) is 12.2 Å². The molecule has 21 heavy (non-hydrogen) atoms. The van der Waals surface area contributed by atoms with Crippen molar-refractivity contribution in [2.24, 2.45) is 17.1 Å². The molecule has 0 spiro atoms. The average Bonchev–Trinajstić information content (AvgIpc) is 2.48. The molecule has 2 rings (SSSR count). The zero-order chi connectivity index (χ0) is 15.5. The summed E-state index contributed by atoms with van der Waals surface area (Å²) in [4.78, 5) is 12.6. The highest BCUT2D eigenvalue weighted by molar-refractivity contribution is 5.83. The standard InChI is InChI=1S/C17H25FN2O/c1-12-6-8-17(11-19,9-7-12)16(21)20-13(2)14-4-3-5-15(18)10-14/h3-5,10,12-13H,6-9,11,19H2,1-2H3,(H,20,21)/t12?,13-,17?/m0/s1. The van der Waals surface area contributed by atoms with Crippen molar-refractivity contribution in [3.05, 3.63) is 35.6 Å². The van der Waals surface area contributed by atoms with Crippen molar-refractivity contribution in [1.82, 2.24) is 5.32 Å². The second kappa shape index (κ2) is 6.56. The van der Waals surface area contributed by atoms with E-state index in [-0.39, 0.29) is 17.8 Å². The van der Waals surface area contributed by atoms with Gasteiger partial charge >= 0.3 is 0 Å². The van der Waals surface area contributed by atoms with E-state index in [0.29, 0.717) is 12.5 Å². The van der Waals surface area contributed by atoms with Crippen molar-refractivity contribution >= 4 is 5.91 Å². The quantitative estimate of drug-likeness (QED) is 0.895. The first-order chi connectivity index (χ1) is 9.97. The molecule has 1 aliphatic carbocycles. The highest BCUT2D eigenvalue weighted by atomic mass is 19.1. The monoisotopic (exact) mass is 292 g/mol. The third-order valence-corrected chi connectivity index (χ3v) is 4.80. The fourth-order valence-electron chi connectivity index (χ4n) is 3.05. The molecule has 3 nitrogen and oxygen atoms in total. The van der Waals surface area contributed by atoms with Crippen LogP contribution < -0.4 is 11.1 Å². The smallest absolute Gasteiger partial charge is 0.227 e. The van der Waals surface area contributed by atoms with Crippen LogP contribution in [0.15, 0.2) is 24.3 Å². The molecule has 0 bridgehead atoms. The molecule has 1 fully saturated rings. The van der Waals surface area contributed by atoms with Crippen molar-refractivity contribution < 1.29 is 9.18 Å². The van der Waals surface area contributed by atoms with Crippen LogP contribution in [0, 0.1) is 17.2 Å². The molecule has 3 N–H and O–H groups in total. The summed E-state index contributed by atoms with van der Waals surface area (Å²) in [5, 5.41) is 3.01. The molecule has 0 radical (unpaired) electrons. The highest BCUT2D eigenvalue weighted by Gasteiger charge is 2.40. The number of hydrogen-bond donors (Lipinski definition) is 2. The third kappa shape index (κ3) is 3.62. The molecule has 0 saturated heterocycles. The van der Waals surface area contributed by atoms with Gasteiger partial charge in [0.25, 0.3) is 0 Å². The molecule has 1 saturated carbocycles. The summed E-state index contributed by atoms with van der Waals surface area (Å²) in [5.74, 6) is 0.389. The van der Waals surface area contributed by atoms with E-state index in [4.69, 9.17) is 5.73 Å². The predicted octanol–water partition coefficient (Wildman–Crippen LogP) is 3.16. The van der Waals surface area contributed by atoms with Crippen LogP contribution in [-0.4, -0.2) is 12.5 Å². The summed E-state index contributed by atoms with van der Waals surface area (Å²) in [7, 11) is 0. The highest BCUT2D eigenvalue weighted by Crippen LogP contribution is 2.38. The lowest BCUT2D eigenvalue weighted by molar-refractivity contribution is -0.133. The summed E-state index contributed by atoms with van der Waals surface area (Å²) in [6.45, 7) is 4.47. The summed E-state index contributed by atoms with van der Waals surface area (Å²) >= 11 is 0. The zero-order valence-electron chi connectivity index (χ0n) is 12.9. The van der Waals surface area contributed by atoms with Crippen LogP contribution >= 0.6 is 0 Å². The maximum Gasteiger partial charge on any atom is 0.227 e. The molecule has 0 heterocycles. The minimum Gasteiger partial charge on any atom is -0.349 e. The maximum atomic E-state index is 13.3. The van der Waals surface area contributed by atoms with E-state index in [9.17, 15) is 9.18 Å². The van der Waals surface area contributed by atoms with Gasteiger partial charge < -0.3 is 11.1 Å². The van der Waals surface area contributed by atoms with Gasteiger partial charge in [-0.25, -0.2) is 4.39 Å². The van der Waals surface area contributed by atoms with E-state index in [0.717, 1.165) is 31.2 Å². The molecular formula is C17H25FN2O. The number of rotatable bonds is 4. The second-order valence-electron chi connectivity index (χ2n) is 6.42. The molecular weight excluding hydrogens is 267 g/mol. The number of benzene rings is 1. The lowest BCUT2D eigenvalue weighted by Gasteiger charge is -2.38. The molecule has 0 unspecified atom stereocenters. The van der Waals surface area contributed by atoms with Crippen LogP contribution in [0.4, 0.5) is 4.39 Å². The Labute approximate surface area is 126 Å². The lowest BCUT2D eigenvalue weighted by Crippen LogP contribution is -2.48. The number of nitrogens with one attached hydrogen (secondary N) is 1. The van der Waals surface area contributed by atoms with Gasteiger partial charge in [-0.15, -0.1) is 0 Å². The Balaban J connectivity index is 2.05. The van der Waals surface area contributed by atoms with Gasteiger partial charge in [0.15, 0.2) is 0 Å². The van der Waals surface area contributed by atoms with Crippen LogP contribution in [0.1, 0.15) is 51.1 Å². The van der Waals surface area contributed by atoms with Crippen LogP contribution in [-0.2, 0) is 4.79 Å². The molecule has 1 atom stereocenters. The van der Waals surface area contributed by atoms with Crippen LogP contribution in [0.3, 0.4) is 0 Å². The minimum atomic E-state index is -0.450. The first kappa shape index (κ1) is 16.0. The van der Waals surface area contributed by atoms with Crippen molar-refractivity contribution in [2.45, 2.75) is 45.6 Å². The predicted molar refractivity (Wildman–Crippen MR) is 82.1 cm³/mol. The molecule has 1 aromatic carbocycles. The van der Waals surface area contributed by atoms with Crippen LogP contribution in [0.2, 0.25) is 0 Å². The van der Waals surface area contributed by atoms with E-state index < -0.39 is 5.41 Å². The van der Waals surface area contributed by atoms with E-state index in [1.807, 2.05) is 13.0 Å². The van der Waals surface area contributed by atoms with Crippen molar-refractivity contribution in [1.29, 1.82) is 0 Å². The van der Waals surface area contributed by atoms with Gasteiger partial charge in [-0.2, -0.15) is 0 Å². The minimum absolute atomic E-state index is 0.00802. The molecule has 4 heteroatoms. The number of carbonyl (C=O) groups is 1. The summed E-state index contributed by atoms with van der Waals surface area (Å²) in [6, 6.07) is 6.14. The van der Waals surface area contributed by atoms with Gasteiger partial charge in [0.05, 0.1) is 11.5 Å². The topological polar surface area (TPSA) is 55.1 Å². The van der Waals surface area contributed by atoms with Gasteiger partial charge in [-0.1, -0.05) is 19.1 Å². The lowest BCUT2D eigenvalue weighted by atomic mass is 9.70. The Morgan fingerprint density at radius 2 is 2.14 bits per heavy atom. The van der Waals surface area contributed by atoms with Crippen LogP contribution in [0.5, 0.6) is 0 Å². The Kier molecular flexibility index (Phi) is 4.99. The Morgan fingerprint density at radius 1 is 1.48 bits per heavy atom. The Bertz CT molecular complexity index is 495. The fraction of sp³-hybridized carbons (Fsp3) is 0.588. The van der Waals surface area contributed by atoms with E-state index in [1.165, 1.54) is 12.1 Å². The molecule has 116 valence electrons. The molecule has 1 amide bonds. The molecule has 1 aliphatic rings. The zero-order valence-corrected chi connectivity index (χ0v) is 12.9. The van der Waals surface area contributed by atoms with Crippen molar-refractivity contribution in [2.75, 3.05) is 6.54 Å². The first-order valence-corrected chi connectivity index (χ1v) is 7.73. The number of carbonyl (C=O) groups excluding carboxylic acids is 1. The SMILES string of the molecule is CC1CCC(CN)(C(=O)N[C@@H](C)c2cccc(F)c2)CC1. The molecule has 0 aliphatic heterocycles. The summed E-state index contributed by atoms with van der Waals surface area (Å²) < 4.78 is 13.3. The van der Waals surface area contributed by atoms with E-state index >= 15 is 0 Å². The average molecular weight is 292 g/mol. The van der Waals surface area contributed by atoms with Crippen LogP contribution in [0.25, 0.3) is 0 Å². The third-order valence-electron chi connectivity index (χ3n) is 4.80. The summed E-state index contributed by atoms with van der Waals surface area (Å²) in [5.41, 5.74) is 6.23. The molecule has 0 aromatic heterocycles. The fourth-order valence-corrected chi connectivity index (χ4v) is 3.05.